The summed E-state index contributed by atoms with van der Waals surface area (Å²) in [5.41, 5.74) is 8.80. The number of amides is 1. The van der Waals surface area contributed by atoms with Gasteiger partial charge in [-0.05, 0) is 6.07 Å². The van der Waals surface area contributed by atoms with Gasteiger partial charge in [0.15, 0.2) is 5.67 Å². The summed E-state index contributed by atoms with van der Waals surface area (Å²) >= 11 is 0. The number of carbonyl (C=O) groups excluding carboxylic acids is 2. The second-order valence-electron chi connectivity index (χ2n) is 4.16. The molecule has 1 aliphatic heterocycles. The molecule has 0 fully saturated rings. The Morgan fingerprint density at radius 2 is 2.11 bits per heavy atom. The van der Waals surface area contributed by atoms with Gasteiger partial charge in [-0.3, -0.25) is 4.79 Å². The molecule has 2 unspecified atom stereocenters. The number of halogens is 2. The topological polar surface area (TPSA) is 98.2 Å². The van der Waals surface area contributed by atoms with E-state index in [2.05, 4.69) is 5.32 Å². The fraction of sp³-hybridized carbons (Fsp3) is 0.250. The number of carbonyl (C=O) groups is 1. The smallest absolute Gasteiger partial charge is 0.234 e. The van der Waals surface area contributed by atoms with Crippen LogP contribution >= 0.6 is 12.4 Å². The van der Waals surface area contributed by atoms with E-state index in [0.717, 1.165) is 0 Å². The van der Waals surface area contributed by atoms with Crippen molar-refractivity contribution in [3.8, 4) is 0 Å². The first kappa shape index (κ1) is 15.2. The predicted molar refractivity (Wildman–Crippen MR) is 71.1 cm³/mol. The van der Waals surface area contributed by atoms with E-state index < -0.39 is 24.0 Å². The van der Waals surface area contributed by atoms with Gasteiger partial charge in [-0.2, -0.15) is 0 Å². The molecule has 1 aromatic rings. The lowest BCUT2D eigenvalue weighted by Gasteiger charge is -2.22. The van der Waals surface area contributed by atoms with Gasteiger partial charge in [0, 0.05) is 17.7 Å². The van der Waals surface area contributed by atoms with E-state index >= 15 is 0 Å². The molecule has 0 saturated carbocycles. The van der Waals surface area contributed by atoms with E-state index in [1.165, 1.54) is 12.0 Å². The third kappa shape index (κ3) is 2.46. The Hall–Kier alpha value is -1.88. The highest BCUT2D eigenvalue weighted by Crippen LogP contribution is 2.46. The molecule has 19 heavy (non-hydrogen) atoms. The number of rotatable bonds is 3. The number of hydrogen-bond acceptors (Lipinski definition) is 4. The van der Waals surface area contributed by atoms with Gasteiger partial charge in [0.2, 0.25) is 5.91 Å². The second kappa shape index (κ2) is 5.40. The number of primary amides is 1. The number of para-hydroxylation sites is 1. The van der Waals surface area contributed by atoms with E-state index in [9.17, 15) is 14.0 Å². The first-order chi connectivity index (χ1) is 8.49. The van der Waals surface area contributed by atoms with Crippen LogP contribution in [0, 0.1) is 0 Å². The molecule has 0 aromatic heterocycles. The maximum Gasteiger partial charge on any atom is 0.234 e. The molecule has 0 spiro atoms. The third-order valence-electron chi connectivity index (χ3n) is 2.98. The van der Waals surface area contributed by atoms with Crippen LogP contribution in [-0.2, 0) is 15.3 Å². The number of anilines is 1. The Bertz CT molecular complexity index is 560. The molecule has 1 aromatic carbocycles. The lowest BCUT2D eigenvalue weighted by Crippen LogP contribution is -2.41. The fourth-order valence-electron chi connectivity index (χ4n) is 2.03. The van der Waals surface area contributed by atoms with Crippen molar-refractivity contribution in [3.05, 3.63) is 35.5 Å². The number of benzene rings is 1. The number of alkyl halides is 1. The van der Waals surface area contributed by atoms with Crippen LogP contribution in [0.5, 0.6) is 0 Å². The molecular weight excluding hydrogens is 273 g/mol. The second-order valence-corrected chi connectivity index (χ2v) is 4.16. The summed E-state index contributed by atoms with van der Waals surface area (Å²) in [4.78, 5) is 21.8. The maximum absolute atomic E-state index is 14.9. The van der Waals surface area contributed by atoms with Gasteiger partial charge in [-0.25, -0.2) is 9.18 Å². The van der Waals surface area contributed by atoms with Crippen molar-refractivity contribution >= 4 is 29.9 Å². The summed E-state index contributed by atoms with van der Waals surface area (Å²) in [5.74, 6) is 0.701. The van der Waals surface area contributed by atoms with Gasteiger partial charge < -0.3 is 16.8 Å². The van der Waals surface area contributed by atoms with Crippen molar-refractivity contribution < 1.29 is 14.0 Å². The van der Waals surface area contributed by atoms with Crippen molar-refractivity contribution in [2.75, 3.05) is 5.32 Å². The monoisotopic (exact) mass is 285 g/mol. The van der Waals surface area contributed by atoms with Gasteiger partial charge >= 0.3 is 0 Å². The van der Waals surface area contributed by atoms with E-state index in [1.54, 1.807) is 18.2 Å². The molecule has 0 saturated heterocycles. The van der Waals surface area contributed by atoms with Crippen LogP contribution in [0.1, 0.15) is 12.0 Å². The minimum atomic E-state index is -2.15. The minimum absolute atomic E-state index is 0. The number of hydrogen-bond donors (Lipinski definition) is 3. The highest BCUT2D eigenvalue weighted by atomic mass is 35.5. The third-order valence-corrected chi connectivity index (χ3v) is 2.98. The molecule has 1 heterocycles. The zero-order chi connectivity index (χ0) is 13.3. The predicted octanol–water partition coefficient (Wildman–Crippen LogP) is 0.617. The number of nitrogens with one attached hydrogen (secondary N) is 1. The zero-order valence-corrected chi connectivity index (χ0v) is 10.7. The van der Waals surface area contributed by atoms with E-state index in [0.29, 0.717) is 5.69 Å². The molecule has 1 amide bonds. The van der Waals surface area contributed by atoms with Crippen molar-refractivity contribution in [3.63, 3.8) is 0 Å². The van der Waals surface area contributed by atoms with Crippen LogP contribution in [0.15, 0.2) is 30.0 Å². The van der Waals surface area contributed by atoms with Crippen molar-refractivity contribution in [2.24, 2.45) is 11.5 Å². The van der Waals surface area contributed by atoms with Crippen LogP contribution in [0.4, 0.5) is 10.1 Å². The molecule has 102 valence electrons. The zero-order valence-electron chi connectivity index (χ0n) is 9.85. The van der Waals surface area contributed by atoms with Gasteiger partial charge in [-0.1, -0.05) is 18.2 Å². The number of fused-ring (bicyclic) bond motifs is 1. The van der Waals surface area contributed by atoms with E-state index in [4.69, 9.17) is 11.5 Å². The van der Waals surface area contributed by atoms with Crippen molar-refractivity contribution in [1.29, 1.82) is 0 Å². The van der Waals surface area contributed by atoms with Gasteiger partial charge in [0.05, 0.1) is 6.04 Å². The van der Waals surface area contributed by atoms with Gasteiger partial charge in [0.1, 0.15) is 11.6 Å². The number of allylic oxidation sites excluding steroid dienone is 1. The summed E-state index contributed by atoms with van der Waals surface area (Å²) in [6.07, 6.45) is -0.392. The molecular formula is C12H13ClFN3O2. The highest BCUT2D eigenvalue weighted by Gasteiger charge is 2.46. The quantitative estimate of drug-likeness (QED) is 0.709. The molecule has 0 radical (unpaired) electrons. The first-order valence-electron chi connectivity index (χ1n) is 5.35. The lowest BCUT2D eigenvalue weighted by atomic mass is 9.89. The SMILES string of the molecule is Cl.NC(=O)C(N)CC1(F)C(=C=O)Nc2ccccc21. The Kier molecular flexibility index (Phi) is 4.32. The van der Waals surface area contributed by atoms with E-state index in [1.807, 2.05) is 0 Å². The van der Waals surface area contributed by atoms with Crippen LogP contribution in [-0.4, -0.2) is 17.9 Å². The average Bonchev–Trinajstić information content (AvgIpc) is 2.62. The van der Waals surface area contributed by atoms with Crippen LogP contribution < -0.4 is 16.8 Å². The molecule has 2 atom stereocenters. The summed E-state index contributed by atoms with van der Waals surface area (Å²) in [6.45, 7) is 0. The normalized spacial score (nSPS) is 21.7. The molecule has 5 nitrogen and oxygen atoms in total. The molecule has 1 aliphatic rings. The summed E-state index contributed by atoms with van der Waals surface area (Å²) in [6, 6.07) is 5.32. The van der Waals surface area contributed by atoms with Crippen molar-refractivity contribution in [1.82, 2.24) is 0 Å². The van der Waals surface area contributed by atoms with E-state index in [-0.39, 0.29) is 23.7 Å². The summed E-state index contributed by atoms with van der Waals surface area (Å²) in [7, 11) is 0. The molecule has 0 bridgehead atoms. The average molecular weight is 286 g/mol. The molecule has 0 aliphatic carbocycles. The van der Waals surface area contributed by atoms with Crippen LogP contribution in [0.2, 0.25) is 0 Å². The maximum atomic E-state index is 14.9. The molecule has 5 N–H and O–H groups in total. The van der Waals surface area contributed by atoms with Crippen LogP contribution in [0.3, 0.4) is 0 Å². The lowest BCUT2D eigenvalue weighted by molar-refractivity contribution is -0.120. The first-order valence-corrected chi connectivity index (χ1v) is 5.35. The molecule has 7 heteroatoms. The summed E-state index contributed by atoms with van der Waals surface area (Å²) in [5, 5.41) is 2.63. The largest absolute Gasteiger partial charge is 0.368 e. The Balaban J connectivity index is 0.00000180. The van der Waals surface area contributed by atoms with Crippen molar-refractivity contribution in [2.45, 2.75) is 18.1 Å². The highest BCUT2D eigenvalue weighted by molar-refractivity contribution is 5.85. The minimum Gasteiger partial charge on any atom is -0.368 e. The van der Waals surface area contributed by atoms with Crippen LogP contribution in [0.25, 0.3) is 0 Å². The standard InChI is InChI=1S/C12H12FN3O2.ClH/c13-12(5-8(14)11(15)18)7-3-1-2-4-9(7)16-10(12)6-17;/h1-4,8,16H,5,14H2,(H2,15,18);1H. The number of nitrogens with two attached hydrogens (primary N) is 2. The molecule has 2 rings (SSSR count). The Morgan fingerprint density at radius 3 is 2.68 bits per heavy atom. The van der Waals surface area contributed by atoms with Gasteiger partial charge in [-0.15, -0.1) is 12.4 Å². The van der Waals surface area contributed by atoms with Gasteiger partial charge in [0.25, 0.3) is 0 Å². The Morgan fingerprint density at radius 1 is 1.47 bits per heavy atom. The summed E-state index contributed by atoms with van der Waals surface area (Å²) < 4.78 is 14.9. The fourth-order valence-corrected chi connectivity index (χ4v) is 2.03. The Labute approximate surface area is 115 Å².